The SMILES string of the molecule is C=Cc1cccc(C2CCC(=O)C2)c1. The van der Waals surface area contributed by atoms with Gasteiger partial charge in [-0.15, -0.1) is 0 Å². The van der Waals surface area contributed by atoms with Gasteiger partial charge < -0.3 is 0 Å². The van der Waals surface area contributed by atoms with Crippen molar-refractivity contribution in [3.05, 3.63) is 42.0 Å². The van der Waals surface area contributed by atoms with Gasteiger partial charge in [0.1, 0.15) is 5.78 Å². The van der Waals surface area contributed by atoms with Crippen LogP contribution in [0.5, 0.6) is 0 Å². The molecule has 1 atom stereocenters. The van der Waals surface area contributed by atoms with Crippen LogP contribution in [0.15, 0.2) is 30.8 Å². The lowest BCUT2D eigenvalue weighted by atomic mass is 9.96. The molecule has 1 aromatic carbocycles. The van der Waals surface area contributed by atoms with E-state index in [1.165, 1.54) is 5.56 Å². The topological polar surface area (TPSA) is 17.1 Å². The predicted molar refractivity (Wildman–Crippen MR) is 58.1 cm³/mol. The molecule has 0 aliphatic heterocycles. The van der Waals surface area contributed by atoms with Gasteiger partial charge >= 0.3 is 0 Å². The first-order valence-electron chi connectivity index (χ1n) is 5.03. The fraction of sp³-hybridized carbons (Fsp3) is 0.308. The Hall–Kier alpha value is -1.37. The number of ketones is 1. The zero-order chi connectivity index (χ0) is 9.97. The fourth-order valence-electron chi connectivity index (χ4n) is 2.04. The second kappa shape index (κ2) is 3.79. The van der Waals surface area contributed by atoms with Crippen molar-refractivity contribution >= 4 is 11.9 Å². The Morgan fingerprint density at radius 3 is 2.93 bits per heavy atom. The maximum atomic E-state index is 11.2. The largest absolute Gasteiger partial charge is 0.300 e. The van der Waals surface area contributed by atoms with Crippen molar-refractivity contribution in [3.63, 3.8) is 0 Å². The average molecular weight is 186 g/mol. The predicted octanol–water partition coefficient (Wildman–Crippen LogP) is 3.17. The Morgan fingerprint density at radius 1 is 1.43 bits per heavy atom. The molecule has 1 saturated carbocycles. The molecule has 1 aromatic rings. The Bertz CT molecular complexity index is 365. The summed E-state index contributed by atoms with van der Waals surface area (Å²) in [7, 11) is 0. The third-order valence-corrected chi connectivity index (χ3v) is 2.86. The summed E-state index contributed by atoms with van der Waals surface area (Å²) < 4.78 is 0. The van der Waals surface area contributed by atoms with Crippen LogP contribution < -0.4 is 0 Å². The Labute approximate surface area is 84.5 Å². The van der Waals surface area contributed by atoms with Crippen molar-refractivity contribution in [1.29, 1.82) is 0 Å². The number of Topliss-reactive ketones (excluding diaryl/α,β-unsaturated/α-hetero) is 1. The molecule has 0 bridgehead atoms. The zero-order valence-corrected chi connectivity index (χ0v) is 8.20. The highest BCUT2D eigenvalue weighted by molar-refractivity contribution is 5.81. The number of hydrogen-bond acceptors (Lipinski definition) is 1. The number of carbonyl (C=O) groups is 1. The summed E-state index contributed by atoms with van der Waals surface area (Å²) >= 11 is 0. The van der Waals surface area contributed by atoms with Crippen molar-refractivity contribution in [3.8, 4) is 0 Å². The second-order valence-electron chi connectivity index (χ2n) is 3.85. The highest BCUT2D eigenvalue weighted by Crippen LogP contribution is 2.32. The van der Waals surface area contributed by atoms with Crippen molar-refractivity contribution in [2.24, 2.45) is 0 Å². The molecular formula is C13H14O. The minimum absolute atomic E-state index is 0.402. The third-order valence-electron chi connectivity index (χ3n) is 2.86. The Kier molecular flexibility index (Phi) is 2.49. The molecule has 1 aliphatic rings. The van der Waals surface area contributed by atoms with Gasteiger partial charge in [0.25, 0.3) is 0 Å². The van der Waals surface area contributed by atoms with E-state index in [0.717, 1.165) is 24.8 Å². The molecule has 14 heavy (non-hydrogen) atoms. The highest BCUT2D eigenvalue weighted by Gasteiger charge is 2.23. The van der Waals surface area contributed by atoms with Gasteiger partial charge in [-0.25, -0.2) is 0 Å². The summed E-state index contributed by atoms with van der Waals surface area (Å²) in [6.45, 7) is 3.75. The molecule has 1 fully saturated rings. The summed E-state index contributed by atoms with van der Waals surface area (Å²) in [5.74, 6) is 0.849. The normalized spacial score (nSPS) is 21.1. The van der Waals surface area contributed by atoms with Gasteiger partial charge in [0.15, 0.2) is 0 Å². The minimum Gasteiger partial charge on any atom is -0.300 e. The molecule has 0 heterocycles. The third kappa shape index (κ3) is 1.77. The smallest absolute Gasteiger partial charge is 0.133 e. The molecule has 0 N–H and O–H groups in total. The minimum atomic E-state index is 0.402. The lowest BCUT2D eigenvalue weighted by Gasteiger charge is -2.08. The lowest BCUT2D eigenvalue weighted by molar-refractivity contribution is -0.117. The molecule has 0 amide bonds. The summed E-state index contributed by atoms with van der Waals surface area (Å²) in [5, 5.41) is 0. The van der Waals surface area contributed by atoms with Crippen LogP contribution in [-0.2, 0) is 4.79 Å². The summed E-state index contributed by atoms with van der Waals surface area (Å²) in [4.78, 5) is 11.2. The average Bonchev–Trinajstić information content (AvgIpc) is 2.65. The van der Waals surface area contributed by atoms with Gasteiger partial charge in [0, 0.05) is 12.8 Å². The fourth-order valence-corrected chi connectivity index (χ4v) is 2.04. The van der Waals surface area contributed by atoms with Crippen LogP contribution in [0, 0.1) is 0 Å². The summed E-state index contributed by atoms with van der Waals surface area (Å²) in [6.07, 6.45) is 4.34. The number of benzene rings is 1. The van der Waals surface area contributed by atoms with Crippen LogP contribution in [0.25, 0.3) is 6.08 Å². The maximum Gasteiger partial charge on any atom is 0.133 e. The molecule has 1 aliphatic carbocycles. The Balaban J connectivity index is 2.23. The molecule has 1 nitrogen and oxygen atoms in total. The van der Waals surface area contributed by atoms with Crippen LogP contribution in [0.3, 0.4) is 0 Å². The molecule has 0 radical (unpaired) electrons. The van der Waals surface area contributed by atoms with E-state index in [2.05, 4.69) is 18.7 Å². The molecule has 1 unspecified atom stereocenters. The highest BCUT2D eigenvalue weighted by atomic mass is 16.1. The van der Waals surface area contributed by atoms with Gasteiger partial charge in [-0.2, -0.15) is 0 Å². The van der Waals surface area contributed by atoms with Crippen LogP contribution in [0.1, 0.15) is 36.3 Å². The maximum absolute atomic E-state index is 11.2. The van der Waals surface area contributed by atoms with E-state index in [9.17, 15) is 4.79 Å². The Morgan fingerprint density at radius 2 is 2.29 bits per heavy atom. The van der Waals surface area contributed by atoms with E-state index in [0.29, 0.717) is 11.7 Å². The van der Waals surface area contributed by atoms with Crippen LogP contribution >= 0.6 is 0 Å². The van der Waals surface area contributed by atoms with E-state index in [-0.39, 0.29) is 0 Å². The monoisotopic (exact) mass is 186 g/mol. The van der Waals surface area contributed by atoms with Crippen molar-refractivity contribution in [2.75, 3.05) is 0 Å². The van der Waals surface area contributed by atoms with Crippen molar-refractivity contribution in [1.82, 2.24) is 0 Å². The van der Waals surface area contributed by atoms with Gasteiger partial charge in [-0.1, -0.05) is 36.9 Å². The van der Waals surface area contributed by atoms with Gasteiger partial charge in [0.05, 0.1) is 0 Å². The zero-order valence-electron chi connectivity index (χ0n) is 8.20. The van der Waals surface area contributed by atoms with Gasteiger partial charge in [-0.05, 0) is 23.5 Å². The molecular weight excluding hydrogens is 172 g/mol. The molecule has 0 aromatic heterocycles. The second-order valence-corrected chi connectivity index (χ2v) is 3.85. The van der Waals surface area contributed by atoms with Crippen LogP contribution in [0.2, 0.25) is 0 Å². The first-order valence-corrected chi connectivity index (χ1v) is 5.03. The van der Waals surface area contributed by atoms with E-state index in [1.807, 2.05) is 18.2 Å². The molecule has 2 rings (SSSR count). The van der Waals surface area contributed by atoms with Gasteiger partial charge in [0.2, 0.25) is 0 Å². The standard InChI is InChI=1S/C13H14O/c1-2-10-4-3-5-11(8-10)12-6-7-13(14)9-12/h2-5,8,12H,1,6-7,9H2. The molecule has 0 spiro atoms. The van der Waals surface area contributed by atoms with E-state index in [4.69, 9.17) is 0 Å². The summed E-state index contributed by atoms with van der Waals surface area (Å²) in [5.41, 5.74) is 2.43. The van der Waals surface area contributed by atoms with E-state index >= 15 is 0 Å². The van der Waals surface area contributed by atoms with E-state index in [1.54, 1.807) is 0 Å². The molecule has 0 saturated heterocycles. The molecule has 72 valence electrons. The number of hydrogen-bond donors (Lipinski definition) is 0. The number of rotatable bonds is 2. The number of carbonyl (C=O) groups excluding carboxylic acids is 1. The van der Waals surface area contributed by atoms with Crippen LogP contribution in [0.4, 0.5) is 0 Å². The van der Waals surface area contributed by atoms with Crippen LogP contribution in [-0.4, -0.2) is 5.78 Å². The van der Waals surface area contributed by atoms with Crippen molar-refractivity contribution < 1.29 is 4.79 Å². The lowest BCUT2D eigenvalue weighted by Crippen LogP contribution is -1.94. The van der Waals surface area contributed by atoms with Crippen molar-refractivity contribution in [2.45, 2.75) is 25.2 Å². The molecule has 1 heteroatoms. The first kappa shape index (κ1) is 9.20. The summed E-state index contributed by atoms with van der Waals surface area (Å²) in [6, 6.07) is 8.31. The van der Waals surface area contributed by atoms with Gasteiger partial charge in [-0.3, -0.25) is 4.79 Å². The van der Waals surface area contributed by atoms with E-state index < -0.39 is 0 Å². The first-order chi connectivity index (χ1) is 6.79. The quantitative estimate of drug-likeness (QED) is 0.693.